The highest BCUT2D eigenvalue weighted by Crippen LogP contribution is 2.27. The van der Waals surface area contributed by atoms with Crippen molar-refractivity contribution in [2.45, 2.75) is 6.42 Å². The number of anilines is 1. The summed E-state index contributed by atoms with van der Waals surface area (Å²) < 4.78 is 0. The predicted molar refractivity (Wildman–Crippen MR) is 76.8 cm³/mol. The molecule has 0 aliphatic rings. The van der Waals surface area contributed by atoms with Gasteiger partial charge in [0.25, 0.3) is 0 Å². The molecule has 0 bridgehead atoms. The van der Waals surface area contributed by atoms with Gasteiger partial charge in [0.1, 0.15) is 0 Å². The fourth-order valence-electron chi connectivity index (χ4n) is 1.92. The Bertz CT molecular complexity index is 570. The van der Waals surface area contributed by atoms with Crippen LogP contribution in [-0.4, -0.2) is 18.3 Å². The summed E-state index contributed by atoms with van der Waals surface area (Å²) in [4.78, 5) is 0. The Morgan fingerprint density at radius 2 is 1.79 bits per heavy atom. The first-order valence-electron chi connectivity index (χ1n) is 6.29. The first kappa shape index (κ1) is 13.1. The van der Waals surface area contributed by atoms with E-state index in [1.54, 1.807) is 0 Å². The Labute approximate surface area is 113 Å². The second-order valence-corrected chi connectivity index (χ2v) is 4.24. The van der Waals surface area contributed by atoms with Gasteiger partial charge in [-0.2, -0.15) is 5.26 Å². The summed E-state index contributed by atoms with van der Waals surface area (Å²) in [6.45, 7) is 0.926. The van der Waals surface area contributed by atoms with Gasteiger partial charge in [0, 0.05) is 24.4 Å². The highest BCUT2D eigenvalue weighted by Gasteiger charge is 2.03. The van der Waals surface area contributed by atoms with E-state index in [2.05, 4.69) is 11.4 Å². The summed E-state index contributed by atoms with van der Waals surface area (Å²) in [5.41, 5.74) is 3.88. The lowest BCUT2D eigenvalue weighted by Gasteiger charge is -2.11. The Morgan fingerprint density at radius 3 is 2.47 bits per heavy atom. The maximum absolute atomic E-state index is 8.82. The van der Waals surface area contributed by atoms with Crippen LogP contribution in [0, 0.1) is 11.3 Å². The number of nitriles is 1. The third kappa shape index (κ3) is 3.34. The van der Waals surface area contributed by atoms with E-state index in [1.807, 2.05) is 48.5 Å². The minimum Gasteiger partial charge on any atom is -0.396 e. The van der Waals surface area contributed by atoms with Crippen molar-refractivity contribution in [2.75, 3.05) is 18.5 Å². The SMILES string of the molecule is N#Cc1ccc(-c2ccccc2NCCCO)cc1. The van der Waals surface area contributed by atoms with Crippen LogP contribution >= 0.6 is 0 Å². The van der Waals surface area contributed by atoms with Crippen LogP contribution in [0.15, 0.2) is 48.5 Å². The van der Waals surface area contributed by atoms with Gasteiger partial charge in [-0.3, -0.25) is 0 Å². The molecule has 0 aliphatic heterocycles. The standard InChI is InChI=1S/C16H16N2O/c17-12-13-6-8-14(9-7-13)15-4-1-2-5-16(15)18-10-3-11-19/h1-2,4-9,18-19H,3,10-11H2. The van der Waals surface area contributed by atoms with Crippen molar-refractivity contribution in [3.63, 3.8) is 0 Å². The molecule has 0 unspecified atom stereocenters. The number of hydrogen-bond donors (Lipinski definition) is 2. The molecule has 0 fully saturated rings. The zero-order valence-corrected chi connectivity index (χ0v) is 10.6. The van der Waals surface area contributed by atoms with E-state index in [0.717, 1.165) is 29.8 Å². The van der Waals surface area contributed by atoms with E-state index < -0.39 is 0 Å². The summed E-state index contributed by atoms with van der Waals surface area (Å²) in [5.74, 6) is 0. The van der Waals surface area contributed by atoms with Crippen LogP contribution in [0.5, 0.6) is 0 Å². The molecule has 0 aliphatic carbocycles. The summed E-state index contributed by atoms with van der Waals surface area (Å²) in [5, 5.41) is 20.9. The van der Waals surface area contributed by atoms with E-state index in [9.17, 15) is 0 Å². The number of aliphatic hydroxyl groups is 1. The third-order valence-corrected chi connectivity index (χ3v) is 2.90. The first-order valence-corrected chi connectivity index (χ1v) is 6.29. The molecular weight excluding hydrogens is 236 g/mol. The fourth-order valence-corrected chi connectivity index (χ4v) is 1.92. The van der Waals surface area contributed by atoms with Gasteiger partial charge in [0.15, 0.2) is 0 Å². The van der Waals surface area contributed by atoms with Crippen LogP contribution in [0.2, 0.25) is 0 Å². The molecule has 0 spiro atoms. The van der Waals surface area contributed by atoms with Gasteiger partial charge >= 0.3 is 0 Å². The zero-order valence-electron chi connectivity index (χ0n) is 10.6. The minimum atomic E-state index is 0.187. The molecule has 0 aromatic heterocycles. The molecule has 96 valence electrons. The van der Waals surface area contributed by atoms with Crippen molar-refractivity contribution in [3.8, 4) is 17.2 Å². The summed E-state index contributed by atoms with van der Waals surface area (Å²) in [6, 6.07) is 17.7. The van der Waals surface area contributed by atoms with E-state index in [-0.39, 0.29) is 6.61 Å². The van der Waals surface area contributed by atoms with Crippen LogP contribution in [0.1, 0.15) is 12.0 Å². The number of nitrogens with one attached hydrogen (secondary N) is 1. The number of aliphatic hydroxyl groups excluding tert-OH is 1. The van der Waals surface area contributed by atoms with Crippen molar-refractivity contribution in [1.82, 2.24) is 0 Å². The van der Waals surface area contributed by atoms with E-state index in [1.165, 1.54) is 0 Å². The molecule has 3 heteroatoms. The molecule has 0 saturated heterocycles. The topological polar surface area (TPSA) is 56.0 Å². The molecule has 0 saturated carbocycles. The largest absolute Gasteiger partial charge is 0.396 e. The first-order chi connectivity index (χ1) is 9.35. The third-order valence-electron chi connectivity index (χ3n) is 2.90. The number of para-hydroxylation sites is 1. The summed E-state index contributed by atoms with van der Waals surface area (Å²) in [6.07, 6.45) is 0.724. The number of hydrogen-bond acceptors (Lipinski definition) is 3. The van der Waals surface area contributed by atoms with Gasteiger partial charge in [0.05, 0.1) is 11.6 Å². The highest BCUT2D eigenvalue weighted by atomic mass is 16.3. The van der Waals surface area contributed by atoms with Crippen molar-refractivity contribution in [1.29, 1.82) is 5.26 Å². The van der Waals surface area contributed by atoms with Gasteiger partial charge in [0.2, 0.25) is 0 Å². The van der Waals surface area contributed by atoms with Crippen LogP contribution in [-0.2, 0) is 0 Å². The lowest BCUT2D eigenvalue weighted by molar-refractivity contribution is 0.292. The summed E-state index contributed by atoms with van der Waals surface area (Å²) >= 11 is 0. The molecule has 2 N–H and O–H groups in total. The molecule has 2 aromatic carbocycles. The van der Waals surface area contributed by atoms with Crippen LogP contribution in [0.25, 0.3) is 11.1 Å². The maximum Gasteiger partial charge on any atom is 0.0991 e. The Hall–Kier alpha value is -2.31. The van der Waals surface area contributed by atoms with E-state index in [4.69, 9.17) is 10.4 Å². The molecule has 19 heavy (non-hydrogen) atoms. The van der Waals surface area contributed by atoms with Crippen molar-refractivity contribution < 1.29 is 5.11 Å². The second-order valence-electron chi connectivity index (χ2n) is 4.24. The van der Waals surface area contributed by atoms with Gasteiger partial charge < -0.3 is 10.4 Å². The fraction of sp³-hybridized carbons (Fsp3) is 0.188. The lowest BCUT2D eigenvalue weighted by Crippen LogP contribution is -2.04. The molecule has 0 amide bonds. The van der Waals surface area contributed by atoms with Crippen molar-refractivity contribution in [3.05, 3.63) is 54.1 Å². The van der Waals surface area contributed by atoms with Gasteiger partial charge in [-0.1, -0.05) is 30.3 Å². The molecule has 2 aromatic rings. The van der Waals surface area contributed by atoms with Crippen LogP contribution in [0.3, 0.4) is 0 Å². The monoisotopic (exact) mass is 252 g/mol. The van der Waals surface area contributed by atoms with Gasteiger partial charge in [-0.05, 0) is 30.2 Å². The minimum absolute atomic E-state index is 0.187. The quantitative estimate of drug-likeness (QED) is 0.804. The molecular formula is C16H16N2O. The van der Waals surface area contributed by atoms with Crippen LogP contribution in [0.4, 0.5) is 5.69 Å². The predicted octanol–water partition coefficient (Wildman–Crippen LogP) is 3.02. The van der Waals surface area contributed by atoms with Crippen LogP contribution < -0.4 is 5.32 Å². The second kappa shape index (κ2) is 6.58. The number of rotatable bonds is 5. The highest BCUT2D eigenvalue weighted by molar-refractivity contribution is 5.78. The van der Waals surface area contributed by atoms with Gasteiger partial charge in [-0.25, -0.2) is 0 Å². The number of benzene rings is 2. The zero-order chi connectivity index (χ0) is 13.5. The summed E-state index contributed by atoms with van der Waals surface area (Å²) in [7, 11) is 0. The van der Waals surface area contributed by atoms with E-state index in [0.29, 0.717) is 5.56 Å². The Balaban J connectivity index is 2.25. The van der Waals surface area contributed by atoms with Crippen molar-refractivity contribution >= 4 is 5.69 Å². The van der Waals surface area contributed by atoms with E-state index >= 15 is 0 Å². The molecule has 3 nitrogen and oxygen atoms in total. The Kier molecular flexibility index (Phi) is 4.54. The molecule has 2 rings (SSSR count). The number of nitrogens with zero attached hydrogens (tertiary/aromatic N) is 1. The van der Waals surface area contributed by atoms with Gasteiger partial charge in [-0.15, -0.1) is 0 Å². The molecule has 0 heterocycles. The smallest absolute Gasteiger partial charge is 0.0991 e. The molecule has 0 atom stereocenters. The van der Waals surface area contributed by atoms with Crippen molar-refractivity contribution in [2.24, 2.45) is 0 Å². The Morgan fingerprint density at radius 1 is 1.05 bits per heavy atom. The lowest BCUT2D eigenvalue weighted by atomic mass is 10.0. The average molecular weight is 252 g/mol. The maximum atomic E-state index is 8.82. The molecule has 0 radical (unpaired) electrons. The normalized spacial score (nSPS) is 9.89. The average Bonchev–Trinajstić information content (AvgIpc) is 2.48.